The van der Waals surface area contributed by atoms with E-state index < -0.39 is 21.8 Å². The molecule has 0 spiro atoms. The summed E-state index contributed by atoms with van der Waals surface area (Å²) in [6.07, 6.45) is 2.91. The Morgan fingerprint density at radius 2 is 1.79 bits per heavy atom. The zero-order chi connectivity index (χ0) is 23.8. The van der Waals surface area contributed by atoms with E-state index in [1.807, 2.05) is 13.0 Å². The topological polar surface area (TPSA) is 105 Å². The first-order chi connectivity index (χ1) is 15.8. The molecular weight excluding hydrogens is 442 g/mol. The molecule has 1 aliphatic heterocycles. The van der Waals surface area contributed by atoms with Crippen LogP contribution in [0.25, 0.3) is 0 Å². The number of sulfonamides is 1. The van der Waals surface area contributed by atoms with Gasteiger partial charge in [-0.3, -0.25) is 9.59 Å². The molecule has 0 radical (unpaired) electrons. The van der Waals surface area contributed by atoms with E-state index in [2.05, 4.69) is 10.6 Å². The maximum absolute atomic E-state index is 13.1. The Bertz CT molecular complexity index is 1070. The van der Waals surface area contributed by atoms with Crippen molar-refractivity contribution in [3.05, 3.63) is 59.7 Å². The number of rotatable bonds is 8. The lowest BCUT2D eigenvalue weighted by Crippen LogP contribution is -2.46. The fourth-order valence-corrected chi connectivity index (χ4v) is 5.63. The molecule has 3 rings (SSSR count). The minimum atomic E-state index is -3.61. The fourth-order valence-electron chi connectivity index (χ4n) is 3.90. The van der Waals surface area contributed by atoms with Crippen LogP contribution in [-0.2, 0) is 26.2 Å². The van der Waals surface area contributed by atoms with Crippen molar-refractivity contribution in [2.24, 2.45) is 0 Å². The molecule has 1 heterocycles. The molecule has 1 fully saturated rings. The van der Waals surface area contributed by atoms with Crippen molar-refractivity contribution in [3.63, 3.8) is 0 Å². The van der Waals surface area contributed by atoms with Gasteiger partial charge >= 0.3 is 11.8 Å². The van der Waals surface area contributed by atoms with Crippen LogP contribution in [0.2, 0.25) is 0 Å². The van der Waals surface area contributed by atoms with Gasteiger partial charge in [0.25, 0.3) is 0 Å². The third-order valence-electron chi connectivity index (χ3n) is 5.76. The van der Waals surface area contributed by atoms with Crippen molar-refractivity contribution in [2.75, 3.05) is 20.2 Å². The van der Waals surface area contributed by atoms with Gasteiger partial charge < -0.3 is 15.4 Å². The van der Waals surface area contributed by atoms with Gasteiger partial charge in [0.15, 0.2) is 0 Å². The van der Waals surface area contributed by atoms with Gasteiger partial charge in [-0.05, 0) is 56.0 Å². The van der Waals surface area contributed by atoms with Crippen LogP contribution < -0.4 is 15.4 Å². The van der Waals surface area contributed by atoms with Gasteiger partial charge in [-0.2, -0.15) is 4.31 Å². The van der Waals surface area contributed by atoms with Gasteiger partial charge in [-0.1, -0.05) is 36.2 Å². The highest BCUT2D eigenvalue weighted by Crippen LogP contribution is 2.27. The number of carbonyl (C=O) groups is 2. The summed E-state index contributed by atoms with van der Waals surface area (Å²) >= 11 is 0. The summed E-state index contributed by atoms with van der Waals surface area (Å²) in [5, 5.41) is 5.20. The molecule has 1 atom stereocenters. The molecule has 0 bridgehead atoms. The smallest absolute Gasteiger partial charge is 0.309 e. The van der Waals surface area contributed by atoms with Crippen LogP contribution in [0.3, 0.4) is 0 Å². The maximum Gasteiger partial charge on any atom is 0.309 e. The highest BCUT2D eigenvalue weighted by molar-refractivity contribution is 7.89. The van der Waals surface area contributed by atoms with Crippen molar-refractivity contribution in [3.8, 4) is 5.75 Å². The first-order valence-electron chi connectivity index (χ1n) is 11.1. The predicted molar refractivity (Wildman–Crippen MR) is 125 cm³/mol. The number of carbonyl (C=O) groups excluding carboxylic acids is 2. The Hall–Kier alpha value is -2.91. The highest BCUT2D eigenvalue weighted by atomic mass is 32.2. The molecule has 2 amide bonds. The lowest BCUT2D eigenvalue weighted by Gasteiger charge is -2.34. The monoisotopic (exact) mass is 473 g/mol. The van der Waals surface area contributed by atoms with Crippen molar-refractivity contribution in [2.45, 2.75) is 50.1 Å². The molecule has 2 N–H and O–H groups in total. The fraction of sp³-hybridized carbons (Fsp3) is 0.417. The first kappa shape index (κ1) is 24.7. The van der Waals surface area contributed by atoms with Gasteiger partial charge in [0.1, 0.15) is 5.75 Å². The van der Waals surface area contributed by atoms with Gasteiger partial charge in [-0.15, -0.1) is 0 Å². The largest absolute Gasteiger partial charge is 0.497 e. The quantitative estimate of drug-likeness (QED) is 0.573. The van der Waals surface area contributed by atoms with Gasteiger partial charge in [-0.25, -0.2) is 8.42 Å². The molecule has 8 nitrogen and oxygen atoms in total. The van der Waals surface area contributed by atoms with E-state index in [-0.39, 0.29) is 24.0 Å². The third kappa shape index (κ3) is 6.55. The van der Waals surface area contributed by atoms with E-state index in [1.165, 1.54) is 4.31 Å². The molecule has 0 aliphatic carbocycles. The van der Waals surface area contributed by atoms with Gasteiger partial charge in [0.05, 0.1) is 12.0 Å². The number of amides is 2. The van der Waals surface area contributed by atoms with Crippen LogP contribution in [0.5, 0.6) is 5.75 Å². The minimum absolute atomic E-state index is 0.203. The number of piperidine rings is 1. The van der Waals surface area contributed by atoms with E-state index in [0.717, 1.165) is 30.4 Å². The molecule has 33 heavy (non-hydrogen) atoms. The second-order valence-electron chi connectivity index (χ2n) is 8.16. The molecule has 1 saturated heterocycles. The average molecular weight is 474 g/mol. The number of ether oxygens (including phenoxy) is 1. The van der Waals surface area contributed by atoms with Crippen molar-refractivity contribution < 1.29 is 22.7 Å². The maximum atomic E-state index is 13.1. The number of aryl methyl sites for hydroxylation is 1. The summed E-state index contributed by atoms with van der Waals surface area (Å²) in [4.78, 5) is 24.6. The Labute approximate surface area is 195 Å². The molecule has 1 aliphatic rings. The lowest BCUT2D eigenvalue weighted by atomic mass is 10.0. The molecule has 2 aromatic rings. The van der Waals surface area contributed by atoms with Crippen molar-refractivity contribution in [1.82, 2.24) is 14.9 Å². The molecule has 0 aromatic heterocycles. The summed E-state index contributed by atoms with van der Waals surface area (Å²) < 4.78 is 33.0. The highest BCUT2D eigenvalue weighted by Gasteiger charge is 2.33. The summed E-state index contributed by atoms with van der Waals surface area (Å²) in [6, 6.07) is 13.8. The zero-order valence-corrected chi connectivity index (χ0v) is 19.9. The molecule has 178 valence electrons. The van der Waals surface area contributed by atoms with Crippen LogP contribution >= 0.6 is 0 Å². The molecule has 1 unspecified atom stereocenters. The Morgan fingerprint density at radius 3 is 2.52 bits per heavy atom. The number of nitrogens with zero attached hydrogens (tertiary/aromatic N) is 1. The third-order valence-corrected chi connectivity index (χ3v) is 7.72. The van der Waals surface area contributed by atoms with Crippen LogP contribution in [0.4, 0.5) is 0 Å². The normalized spacial score (nSPS) is 16.7. The van der Waals surface area contributed by atoms with E-state index >= 15 is 0 Å². The average Bonchev–Trinajstić information content (AvgIpc) is 2.83. The van der Waals surface area contributed by atoms with E-state index in [9.17, 15) is 18.0 Å². The summed E-state index contributed by atoms with van der Waals surface area (Å²) in [5.74, 6) is -0.795. The number of methoxy groups -OCH3 is 1. The number of benzene rings is 2. The Balaban J connectivity index is 1.51. The second kappa shape index (κ2) is 11.3. The minimum Gasteiger partial charge on any atom is -0.497 e. The molecular formula is C24H31N3O5S. The predicted octanol–water partition coefficient (Wildman–Crippen LogP) is 2.37. The first-order valence-corrected chi connectivity index (χ1v) is 12.5. The number of hydrogen-bond acceptors (Lipinski definition) is 5. The summed E-state index contributed by atoms with van der Waals surface area (Å²) in [5.41, 5.74) is 1.81. The van der Waals surface area contributed by atoms with Crippen LogP contribution in [0.1, 0.15) is 36.8 Å². The van der Waals surface area contributed by atoms with Crippen LogP contribution in [0.15, 0.2) is 53.4 Å². The second-order valence-corrected chi connectivity index (χ2v) is 10.0. The van der Waals surface area contributed by atoms with Crippen molar-refractivity contribution in [1.29, 1.82) is 0 Å². The molecule has 2 aromatic carbocycles. The molecule has 0 saturated carbocycles. The van der Waals surface area contributed by atoms with Gasteiger partial charge in [0.2, 0.25) is 10.0 Å². The standard InChI is InChI=1S/C24H31N3O5S/c1-18-9-11-22(12-10-18)33(30,31)27-15-4-3-7-20(27)13-14-25-23(28)24(29)26-17-19-6-5-8-21(16-19)32-2/h5-6,8-12,16,20H,3-4,7,13-15,17H2,1-2H3,(H,25,28)(H,26,29). The van der Waals surface area contributed by atoms with Gasteiger partial charge in [0, 0.05) is 25.7 Å². The Morgan fingerprint density at radius 1 is 1.06 bits per heavy atom. The molecule has 9 heteroatoms. The lowest BCUT2D eigenvalue weighted by molar-refractivity contribution is -0.139. The Kier molecular flexibility index (Phi) is 8.46. The summed E-state index contributed by atoms with van der Waals surface area (Å²) in [7, 11) is -2.05. The zero-order valence-electron chi connectivity index (χ0n) is 19.0. The number of nitrogens with one attached hydrogen (secondary N) is 2. The summed E-state index contributed by atoms with van der Waals surface area (Å²) in [6.45, 7) is 2.79. The van der Waals surface area contributed by atoms with Crippen LogP contribution in [0, 0.1) is 6.92 Å². The van der Waals surface area contributed by atoms with Crippen LogP contribution in [-0.4, -0.2) is 50.8 Å². The van der Waals surface area contributed by atoms with E-state index in [4.69, 9.17) is 4.74 Å². The van der Waals surface area contributed by atoms with E-state index in [0.29, 0.717) is 18.7 Å². The van der Waals surface area contributed by atoms with E-state index in [1.54, 1.807) is 49.6 Å². The SMILES string of the molecule is COc1cccc(CNC(=O)C(=O)NCCC2CCCCN2S(=O)(=O)c2ccc(C)cc2)c1. The number of hydrogen-bond donors (Lipinski definition) is 2. The van der Waals surface area contributed by atoms with Crippen molar-refractivity contribution >= 4 is 21.8 Å².